The largest absolute Gasteiger partial charge is 0.346 e. The number of thiazole rings is 1. The van der Waals surface area contributed by atoms with Crippen LogP contribution in [0.3, 0.4) is 0 Å². The molecule has 2 aromatic rings. The molecular weight excluding hydrogens is 260 g/mol. The molecule has 19 heavy (non-hydrogen) atoms. The fourth-order valence-corrected chi connectivity index (χ4v) is 2.60. The van der Waals surface area contributed by atoms with E-state index in [9.17, 15) is 4.79 Å². The van der Waals surface area contributed by atoms with Crippen LogP contribution in [0.4, 0.5) is 0 Å². The summed E-state index contributed by atoms with van der Waals surface area (Å²) >= 11 is 1.64. The van der Waals surface area contributed by atoms with Crippen LogP contribution >= 0.6 is 11.3 Å². The zero-order valence-electron chi connectivity index (χ0n) is 11.3. The molecule has 1 N–H and O–H groups in total. The molecule has 0 fully saturated rings. The summed E-state index contributed by atoms with van der Waals surface area (Å²) in [4.78, 5) is 16.4. The number of rotatable bonds is 5. The molecule has 1 amide bonds. The van der Waals surface area contributed by atoms with Gasteiger partial charge in [0.2, 0.25) is 5.91 Å². The monoisotopic (exact) mass is 278 g/mol. The number of hydrogen-bond donors (Lipinski definition) is 1. The van der Waals surface area contributed by atoms with Gasteiger partial charge in [-0.05, 0) is 13.0 Å². The number of nitrogens with one attached hydrogen (secondary N) is 1. The van der Waals surface area contributed by atoms with Gasteiger partial charge in [0.05, 0.1) is 16.7 Å². The topological polar surface area (TPSA) is 59.8 Å². The smallest absolute Gasteiger partial charge is 0.242 e. The summed E-state index contributed by atoms with van der Waals surface area (Å²) in [7, 11) is 0. The summed E-state index contributed by atoms with van der Waals surface area (Å²) in [6.07, 6.45) is 3.43. The molecule has 2 heterocycles. The summed E-state index contributed by atoms with van der Waals surface area (Å²) in [5.41, 5.74) is 0.919. The maximum Gasteiger partial charge on any atom is 0.242 e. The van der Waals surface area contributed by atoms with Crippen molar-refractivity contribution in [2.75, 3.05) is 0 Å². The first kappa shape index (κ1) is 13.7. The first-order valence-corrected chi connectivity index (χ1v) is 7.16. The Morgan fingerprint density at radius 2 is 2.26 bits per heavy atom. The Balaban J connectivity index is 1.92. The van der Waals surface area contributed by atoms with Gasteiger partial charge in [-0.25, -0.2) is 4.98 Å². The van der Waals surface area contributed by atoms with Gasteiger partial charge >= 0.3 is 0 Å². The molecule has 0 spiro atoms. The minimum absolute atomic E-state index is 0.0599. The van der Waals surface area contributed by atoms with Gasteiger partial charge in [0.15, 0.2) is 0 Å². The third kappa shape index (κ3) is 3.64. The molecule has 0 bridgehead atoms. The van der Waals surface area contributed by atoms with E-state index >= 15 is 0 Å². The van der Waals surface area contributed by atoms with Gasteiger partial charge in [0.25, 0.3) is 0 Å². The molecule has 102 valence electrons. The quantitative estimate of drug-likeness (QED) is 0.913. The van der Waals surface area contributed by atoms with E-state index in [-0.39, 0.29) is 18.5 Å². The zero-order valence-corrected chi connectivity index (χ0v) is 12.1. The van der Waals surface area contributed by atoms with Crippen molar-refractivity contribution >= 4 is 17.2 Å². The van der Waals surface area contributed by atoms with Gasteiger partial charge in [0.1, 0.15) is 6.54 Å². The molecule has 0 aliphatic carbocycles. The molecule has 5 nitrogen and oxygen atoms in total. The second kappa shape index (κ2) is 5.97. The average molecular weight is 278 g/mol. The van der Waals surface area contributed by atoms with E-state index in [1.54, 1.807) is 34.5 Å². The van der Waals surface area contributed by atoms with Gasteiger partial charge < -0.3 is 5.32 Å². The molecule has 0 aliphatic rings. The van der Waals surface area contributed by atoms with E-state index in [1.807, 2.05) is 12.3 Å². The standard InChI is InChI=1S/C13H18N4OS/c1-9(2)13-16-11(8-19-13)10(3)15-12(18)7-17-6-4-5-14-17/h4-6,8-10H,7H2,1-3H3,(H,15,18)/t10-/m0/s1. The van der Waals surface area contributed by atoms with Crippen LogP contribution in [-0.4, -0.2) is 20.7 Å². The summed E-state index contributed by atoms with van der Waals surface area (Å²) in [5.74, 6) is 0.362. The second-order valence-electron chi connectivity index (χ2n) is 4.76. The van der Waals surface area contributed by atoms with E-state index in [1.165, 1.54) is 0 Å². The Morgan fingerprint density at radius 1 is 1.47 bits per heavy atom. The van der Waals surface area contributed by atoms with Crippen molar-refractivity contribution in [2.45, 2.75) is 39.3 Å². The minimum atomic E-state index is -0.0770. The third-order valence-electron chi connectivity index (χ3n) is 2.72. The summed E-state index contributed by atoms with van der Waals surface area (Å²) in [6, 6.07) is 1.72. The Hall–Kier alpha value is -1.69. The molecule has 0 saturated carbocycles. The van der Waals surface area contributed by atoms with Crippen molar-refractivity contribution in [3.8, 4) is 0 Å². The lowest BCUT2D eigenvalue weighted by molar-refractivity contribution is -0.122. The van der Waals surface area contributed by atoms with Gasteiger partial charge in [-0.15, -0.1) is 11.3 Å². The Morgan fingerprint density at radius 3 is 2.84 bits per heavy atom. The molecule has 1 atom stereocenters. The van der Waals surface area contributed by atoms with Gasteiger partial charge in [-0.3, -0.25) is 9.48 Å². The molecule has 6 heteroatoms. The van der Waals surface area contributed by atoms with Gasteiger partial charge in [-0.1, -0.05) is 13.8 Å². The minimum Gasteiger partial charge on any atom is -0.346 e. The summed E-state index contributed by atoms with van der Waals surface area (Å²) in [6.45, 7) is 6.41. The van der Waals surface area contributed by atoms with Gasteiger partial charge in [-0.2, -0.15) is 5.10 Å². The number of carbonyl (C=O) groups is 1. The highest BCUT2D eigenvalue weighted by Gasteiger charge is 2.14. The lowest BCUT2D eigenvalue weighted by Crippen LogP contribution is -2.30. The van der Waals surface area contributed by atoms with Crippen molar-refractivity contribution in [3.63, 3.8) is 0 Å². The van der Waals surface area contributed by atoms with Crippen molar-refractivity contribution < 1.29 is 4.79 Å². The maximum atomic E-state index is 11.8. The van der Waals surface area contributed by atoms with E-state index in [4.69, 9.17) is 0 Å². The highest BCUT2D eigenvalue weighted by Crippen LogP contribution is 2.22. The lowest BCUT2D eigenvalue weighted by Gasteiger charge is -2.11. The van der Waals surface area contributed by atoms with Crippen LogP contribution in [0.2, 0.25) is 0 Å². The lowest BCUT2D eigenvalue weighted by atomic mass is 10.2. The van der Waals surface area contributed by atoms with Crippen molar-refractivity contribution in [3.05, 3.63) is 34.5 Å². The average Bonchev–Trinajstić information content (AvgIpc) is 2.98. The van der Waals surface area contributed by atoms with Crippen LogP contribution in [-0.2, 0) is 11.3 Å². The van der Waals surface area contributed by atoms with Gasteiger partial charge in [0, 0.05) is 23.7 Å². The molecule has 0 saturated heterocycles. The Labute approximate surface area is 116 Å². The summed E-state index contributed by atoms with van der Waals surface area (Å²) < 4.78 is 1.60. The highest BCUT2D eigenvalue weighted by molar-refractivity contribution is 7.09. The van der Waals surface area contributed by atoms with Crippen LogP contribution in [0.1, 0.15) is 43.4 Å². The molecule has 0 radical (unpaired) electrons. The SMILES string of the molecule is CC(C)c1nc([C@H](C)NC(=O)Cn2cccn2)cs1. The molecule has 2 rings (SSSR count). The van der Waals surface area contributed by atoms with E-state index in [0.29, 0.717) is 5.92 Å². The number of hydrogen-bond acceptors (Lipinski definition) is 4. The molecule has 0 aliphatic heterocycles. The van der Waals surface area contributed by atoms with E-state index < -0.39 is 0 Å². The maximum absolute atomic E-state index is 11.8. The summed E-state index contributed by atoms with van der Waals surface area (Å²) in [5, 5.41) is 10.0. The Bertz CT molecular complexity index is 533. The normalized spacial score (nSPS) is 12.6. The second-order valence-corrected chi connectivity index (χ2v) is 5.65. The molecule has 0 unspecified atom stereocenters. The molecule has 0 aromatic carbocycles. The number of aromatic nitrogens is 3. The van der Waals surface area contributed by atoms with Crippen LogP contribution in [0.15, 0.2) is 23.8 Å². The van der Waals surface area contributed by atoms with Crippen molar-refractivity contribution in [1.82, 2.24) is 20.1 Å². The van der Waals surface area contributed by atoms with Crippen LogP contribution < -0.4 is 5.32 Å². The van der Waals surface area contributed by atoms with E-state index in [0.717, 1.165) is 10.7 Å². The molecular formula is C13H18N4OS. The number of carbonyl (C=O) groups excluding carboxylic acids is 1. The predicted molar refractivity (Wildman–Crippen MR) is 75.0 cm³/mol. The van der Waals surface area contributed by atoms with Crippen LogP contribution in [0.5, 0.6) is 0 Å². The first-order valence-electron chi connectivity index (χ1n) is 6.28. The van der Waals surface area contributed by atoms with Crippen molar-refractivity contribution in [1.29, 1.82) is 0 Å². The molecule has 2 aromatic heterocycles. The number of amides is 1. The fraction of sp³-hybridized carbons (Fsp3) is 0.462. The third-order valence-corrected chi connectivity index (χ3v) is 3.88. The highest BCUT2D eigenvalue weighted by atomic mass is 32.1. The number of nitrogens with zero attached hydrogens (tertiary/aromatic N) is 3. The zero-order chi connectivity index (χ0) is 13.8. The first-order chi connectivity index (χ1) is 9.06. The predicted octanol–water partition coefficient (Wildman–Crippen LogP) is 2.34. The van der Waals surface area contributed by atoms with Crippen molar-refractivity contribution in [2.24, 2.45) is 0 Å². The fourth-order valence-electron chi connectivity index (χ4n) is 1.67. The Kier molecular flexibility index (Phi) is 4.31. The van der Waals surface area contributed by atoms with Crippen LogP contribution in [0, 0.1) is 0 Å². The van der Waals surface area contributed by atoms with E-state index in [2.05, 4.69) is 29.2 Å². The van der Waals surface area contributed by atoms with Crippen LogP contribution in [0.25, 0.3) is 0 Å².